The largest absolute Gasteiger partial charge is 0.396 e. The Bertz CT molecular complexity index is 242. The van der Waals surface area contributed by atoms with Gasteiger partial charge in [-0.25, -0.2) is 0 Å². The minimum atomic E-state index is 0.164. The number of rotatable bonds is 3. The highest BCUT2D eigenvalue weighted by Crippen LogP contribution is 2.16. The monoisotopic (exact) mass is 233 g/mol. The molecule has 1 heterocycles. The first-order valence-electron chi connectivity index (χ1n) is 3.72. The first-order chi connectivity index (χ1) is 5.63. The molecule has 12 heavy (non-hydrogen) atoms. The quantitative estimate of drug-likeness (QED) is 0.815. The van der Waals surface area contributed by atoms with Crippen molar-refractivity contribution >= 4 is 21.7 Å². The predicted molar refractivity (Wildman–Crippen MR) is 50.6 cm³/mol. The summed E-state index contributed by atoms with van der Waals surface area (Å²) >= 11 is 3.26. The van der Waals surface area contributed by atoms with Gasteiger partial charge in [0.2, 0.25) is 0 Å². The van der Waals surface area contributed by atoms with Crippen molar-refractivity contribution in [3.63, 3.8) is 0 Å². The number of nitrogens with zero attached hydrogens (tertiary/aromatic N) is 2. The molecule has 0 aromatic carbocycles. The zero-order valence-corrected chi connectivity index (χ0v) is 8.45. The van der Waals surface area contributed by atoms with Crippen molar-refractivity contribution in [2.45, 2.75) is 13.5 Å². The fourth-order valence-corrected chi connectivity index (χ4v) is 1.20. The van der Waals surface area contributed by atoms with Gasteiger partial charge in [-0.2, -0.15) is 5.10 Å². The molecular formula is C7H12BrN3O. The van der Waals surface area contributed by atoms with Crippen LogP contribution in [-0.4, -0.2) is 21.5 Å². The summed E-state index contributed by atoms with van der Waals surface area (Å²) in [6.07, 6.45) is 1.81. The van der Waals surface area contributed by atoms with Crippen LogP contribution in [0.3, 0.4) is 0 Å². The third kappa shape index (κ3) is 2.22. The second-order valence-electron chi connectivity index (χ2n) is 2.87. The third-order valence-electron chi connectivity index (χ3n) is 1.55. The Balaban J connectivity index is 2.64. The lowest BCUT2D eigenvalue weighted by molar-refractivity contribution is 0.219. The van der Waals surface area contributed by atoms with Gasteiger partial charge in [-0.1, -0.05) is 6.92 Å². The smallest absolute Gasteiger partial charge is 0.159 e. The van der Waals surface area contributed by atoms with Crippen molar-refractivity contribution in [1.29, 1.82) is 0 Å². The average molecular weight is 234 g/mol. The van der Waals surface area contributed by atoms with Crippen molar-refractivity contribution < 1.29 is 5.11 Å². The number of aliphatic hydroxyl groups is 1. The molecule has 0 radical (unpaired) electrons. The summed E-state index contributed by atoms with van der Waals surface area (Å²) in [6.45, 7) is 2.80. The molecule has 0 aliphatic heterocycles. The van der Waals surface area contributed by atoms with Gasteiger partial charge < -0.3 is 10.8 Å². The molecule has 0 aliphatic rings. The molecule has 1 atom stereocenters. The first-order valence-corrected chi connectivity index (χ1v) is 4.52. The van der Waals surface area contributed by atoms with Crippen LogP contribution in [0.5, 0.6) is 0 Å². The number of anilines is 1. The second-order valence-corrected chi connectivity index (χ2v) is 3.73. The van der Waals surface area contributed by atoms with Crippen LogP contribution in [0, 0.1) is 5.92 Å². The van der Waals surface area contributed by atoms with Crippen LogP contribution in [0.15, 0.2) is 10.7 Å². The molecule has 68 valence electrons. The molecule has 0 saturated heterocycles. The number of hydrogen-bond acceptors (Lipinski definition) is 3. The van der Waals surface area contributed by atoms with E-state index < -0.39 is 0 Å². The summed E-state index contributed by atoms with van der Waals surface area (Å²) in [7, 11) is 0. The lowest BCUT2D eigenvalue weighted by atomic mass is 10.2. The highest BCUT2D eigenvalue weighted by Gasteiger charge is 2.05. The molecule has 1 aromatic heterocycles. The number of hydrogen-bond donors (Lipinski definition) is 2. The summed E-state index contributed by atoms with van der Waals surface area (Å²) in [5.74, 6) is 0.691. The normalized spacial score (nSPS) is 13.2. The van der Waals surface area contributed by atoms with Crippen molar-refractivity contribution in [2.24, 2.45) is 5.92 Å². The van der Waals surface area contributed by atoms with E-state index in [4.69, 9.17) is 10.8 Å². The van der Waals surface area contributed by atoms with Crippen molar-refractivity contribution in [3.8, 4) is 0 Å². The highest BCUT2D eigenvalue weighted by molar-refractivity contribution is 9.10. The minimum absolute atomic E-state index is 0.164. The van der Waals surface area contributed by atoms with Crippen LogP contribution in [0.25, 0.3) is 0 Å². The molecule has 5 heteroatoms. The van der Waals surface area contributed by atoms with E-state index in [1.54, 1.807) is 4.68 Å². The molecule has 3 N–H and O–H groups in total. The van der Waals surface area contributed by atoms with Crippen LogP contribution in [0.2, 0.25) is 0 Å². The Morgan fingerprint density at radius 1 is 1.83 bits per heavy atom. The molecule has 0 saturated carbocycles. The maximum atomic E-state index is 8.79. The van der Waals surface area contributed by atoms with E-state index in [2.05, 4.69) is 21.0 Å². The maximum absolute atomic E-state index is 8.79. The Morgan fingerprint density at radius 2 is 2.50 bits per heavy atom. The molecule has 0 aliphatic carbocycles. The maximum Gasteiger partial charge on any atom is 0.159 e. The average Bonchev–Trinajstić information content (AvgIpc) is 2.31. The van der Waals surface area contributed by atoms with E-state index in [0.29, 0.717) is 12.4 Å². The van der Waals surface area contributed by atoms with Crippen LogP contribution >= 0.6 is 15.9 Å². The van der Waals surface area contributed by atoms with Gasteiger partial charge in [0, 0.05) is 19.3 Å². The molecule has 0 bridgehead atoms. The van der Waals surface area contributed by atoms with Gasteiger partial charge in [-0.15, -0.1) is 0 Å². The summed E-state index contributed by atoms with van der Waals surface area (Å²) in [4.78, 5) is 0. The van der Waals surface area contributed by atoms with Crippen LogP contribution < -0.4 is 5.73 Å². The van der Waals surface area contributed by atoms with E-state index >= 15 is 0 Å². The standard InChI is InChI=1S/C7H12BrN3O/c1-5(4-12)2-11-3-6(8)7(9)10-11/h3,5,12H,2,4H2,1H3,(H2,9,10). The zero-order chi connectivity index (χ0) is 9.14. The van der Waals surface area contributed by atoms with E-state index in [-0.39, 0.29) is 12.5 Å². The molecule has 0 amide bonds. The summed E-state index contributed by atoms with van der Waals surface area (Å²) < 4.78 is 2.52. The van der Waals surface area contributed by atoms with Crippen LogP contribution in [0.4, 0.5) is 5.82 Å². The molecule has 4 nitrogen and oxygen atoms in total. The van der Waals surface area contributed by atoms with E-state index in [1.165, 1.54) is 0 Å². The molecule has 0 fully saturated rings. The number of halogens is 1. The van der Waals surface area contributed by atoms with Gasteiger partial charge in [-0.3, -0.25) is 4.68 Å². The Morgan fingerprint density at radius 3 is 2.92 bits per heavy atom. The lowest BCUT2D eigenvalue weighted by Crippen LogP contribution is -2.11. The van der Waals surface area contributed by atoms with Gasteiger partial charge >= 0.3 is 0 Å². The molecule has 1 aromatic rings. The zero-order valence-electron chi connectivity index (χ0n) is 6.87. The van der Waals surface area contributed by atoms with Gasteiger partial charge in [0.15, 0.2) is 5.82 Å². The second kappa shape index (κ2) is 3.91. The Hall–Kier alpha value is -0.550. The van der Waals surface area contributed by atoms with Crippen LogP contribution in [0.1, 0.15) is 6.92 Å². The topological polar surface area (TPSA) is 64.1 Å². The molecule has 0 spiro atoms. The Labute approximate surface area is 79.5 Å². The fourth-order valence-electron chi connectivity index (χ4n) is 0.883. The number of aliphatic hydroxyl groups excluding tert-OH is 1. The molecular weight excluding hydrogens is 222 g/mol. The molecule has 1 rings (SSSR count). The van der Waals surface area contributed by atoms with E-state index in [9.17, 15) is 0 Å². The van der Waals surface area contributed by atoms with Crippen molar-refractivity contribution in [3.05, 3.63) is 10.7 Å². The number of nitrogen functional groups attached to an aromatic ring is 1. The minimum Gasteiger partial charge on any atom is -0.396 e. The van der Waals surface area contributed by atoms with Gasteiger partial charge in [0.25, 0.3) is 0 Å². The molecule has 1 unspecified atom stereocenters. The summed E-state index contributed by atoms with van der Waals surface area (Å²) in [6, 6.07) is 0. The number of aromatic nitrogens is 2. The Kier molecular flexibility index (Phi) is 3.11. The summed E-state index contributed by atoms with van der Waals surface area (Å²) in [5, 5.41) is 12.8. The fraction of sp³-hybridized carbons (Fsp3) is 0.571. The van der Waals surface area contributed by atoms with Gasteiger partial charge in [-0.05, 0) is 21.8 Å². The van der Waals surface area contributed by atoms with Gasteiger partial charge in [0.1, 0.15) is 0 Å². The SMILES string of the molecule is CC(CO)Cn1cc(Br)c(N)n1. The van der Waals surface area contributed by atoms with E-state index in [1.807, 2.05) is 13.1 Å². The first kappa shape index (κ1) is 9.54. The number of nitrogens with two attached hydrogens (primary N) is 1. The van der Waals surface area contributed by atoms with Crippen molar-refractivity contribution in [1.82, 2.24) is 9.78 Å². The predicted octanol–water partition coefficient (Wildman–Crippen LogP) is 0.856. The third-order valence-corrected chi connectivity index (χ3v) is 2.16. The van der Waals surface area contributed by atoms with Gasteiger partial charge in [0.05, 0.1) is 4.47 Å². The summed E-state index contributed by atoms with van der Waals surface area (Å²) in [5.41, 5.74) is 5.52. The van der Waals surface area contributed by atoms with Crippen LogP contribution in [-0.2, 0) is 6.54 Å². The van der Waals surface area contributed by atoms with E-state index in [0.717, 1.165) is 4.47 Å². The lowest BCUT2D eigenvalue weighted by Gasteiger charge is -2.06. The van der Waals surface area contributed by atoms with Crippen molar-refractivity contribution in [2.75, 3.05) is 12.3 Å². The highest BCUT2D eigenvalue weighted by atomic mass is 79.9.